The van der Waals surface area contributed by atoms with Gasteiger partial charge in [0.05, 0.1) is 5.69 Å². The molecule has 0 aromatic carbocycles. The molecule has 3 nitrogen and oxygen atoms in total. The van der Waals surface area contributed by atoms with E-state index in [1.165, 1.54) is 11.4 Å². The first kappa shape index (κ1) is 16.5. The number of likely N-dealkylation sites (N-methyl/N-ethyl adjacent to an activating group) is 1. The number of nitrogens with one attached hydrogen (secondary N) is 1. The van der Waals surface area contributed by atoms with E-state index in [0.717, 1.165) is 31.8 Å². The first-order chi connectivity index (χ1) is 9.79. The van der Waals surface area contributed by atoms with Crippen LogP contribution in [-0.2, 0) is 19.4 Å². The molecule has 3 heteroatoms. The molecule has 1 saturated carbocycles. The molecule has 0 bridgehead atoms. The molecule has 2 rings (SSSR count). The average Bonchev–Trinajstić information content (AvgIpc) is 2.74. The van der Waals surface area contributed by atoms with E-state index in [9.17, 15) is 0 Å². The minimum atomic E-state index is 0.421. The summed E-state index contributed by atoms with van der Waals surface area (Å²) in [5, 5.41) is 8.44. The van der Waals surface area contributed by atoms with Crippen LogP contribution in [0.25, 0.3) is 0 Å². The largest absolute Gasteiger partial charge is 0.314 e. The van der Waals surface area contributed by atoms with Crippen LogP contribution in [0.15, 0.2) is 6.07 Å². The molecule has 1 aromatic rings. The zero-order valence-corrected chi connectivity index (χ0v) is 15.0. The number of hydrogen-bond acceptors (Lipinski definition) is 2. The van der Waals surface area contributed by atoms with Crippen LogP contribution < -0.4 is 5.32 Å². The summed E-state index contributed by atoms with van der Waals surface area (Å²) in [5.74, 6) is 0.732. The Morgan fingerprint density at radius 2 is 1.81 bits per heavy atom. The minimum absolute atomic E-state index is 0.421. The molecule has 0 saturated heterocycles. The van der Waals surface area contributed by atoms with Gasteiger partial charge in [-0.3, -0.25) is 4.68 Å². The van der Waals surface area contributed by atoms with Crippen molar-refractivity contribution in [3.63, 3.8) is 0 Å². The minimum Gasteiger partial charge on any atom is -0.314 e. The number of aryl methyl sites for hydroxylation is 2. The molecule has 1 fully saturated rings. The van der Waals surface area contributed by atoms with Gasteiger partial charge in [-0.25, -0.2) is 0 Å². The lowest BCUT2D eigenvalue weighted by molar-refractivity contribution is 0.393. The van der Waals surface area contributed by atoms with E-state index < -0.39 is 0 Å². The Kier molecular flexibility index (Phi) is 4.53. The molecule has 120 valence electrons. The molecule has 1 aliphatic rings. The molecular formula is C18H33N3. The molecule has 0 spiro atoms. The molecular weight excluding hydrogens is 258 g/mol. The van der Waals surface area contributed by atoms with Crippen molar-refractivity contribution in [1.82, 2.24) is 15.1 Å². The van der Waals surface area contributed by atoms with E-state index in [1.54, 1.807) is 0 Å². The van der Waals surface area contributed by atoms with E-state index in [2.05, 4.69) is 64.5 Å². The molecule has 1 N–H and O–H groups in total. The highest BCUT2D eigenvalue weighted by molar-refractivity contribution is 5.20. The fourth-order valence-corrected chi connectivity index (χ4v) is 4.17. The van der Waals surface area contributed by atoms with Crippen molar-refractivity contribution in [2.75, 3.05) is 6.54 Å². The molecule has 1 heterocycles. The Bertz CT molecular complexity index is 471. The zero-order valence-electron chi connectivity index (χ0n) is 15.0. The molecule has 21 heavy (non-hydrogen) atoms. The third kappa shape index (κ3) is 2.77. The summed E-state index contributed by atoms with van der Waals surface area (Å²) in [5.41, 5.74) is 3.45. The van der Waals surface area contributed by atoms with E-state index in [4.69, 9.17) is 5.10 Å². The molecule has 0 radical (unpaired) electrons. The van der Waals surface area contributed by atoms with Gasteiger partial charge >= 0.3 is 0 Å². The fourth-order valence-electron chi connectivity index (χ4n) is 4.17. The van der Waals surface area contributed by atoms with Crippen LogP contribution in [0.3, 0.4) is 0 Å². The highest BCUT2D eigenvalue weighted by atomic mass is 15.3. The molecule has 1 atom stereocenters. The molecule has 0 amide bonds. The van der Waals surface area contributed by atoms with Crippen LogP contribution in [-0.4, -0.2) is 22.4 Å². The Morgan fingerprint density at radius 1 is 1.19 bits per heavy atom. The summed E-state index contributed by atoms with van der Waals surface area (Å²) in [6.07, 6.45) is 2.11. The van der Waals surface area contributed by atoms with Crippen molar-refractivity contribution in [3.8, 4) is 0 Å². The van der Waals surface area contributed by atoms with Crippen molar-refractivity contribution < 1.29 is 0 Å². The quantitative estimate of drug-likeness (QED) is 0.830. The lowest BCUT2D eigenvalue weighted by atomic mass is 9.99. The van der Waals surface area contributed by atoms with E-state index >= 15 is 0 Å². The second-order valence-corrected chi connectivity index (χ2v) is 7.59. The monoisotopic (exact) mass is 291 g/mol. The van der Waals surface area contributed by atoms with Gasteiger partial charge in [0.25, 0.3) is 0 Å². The van der Waals surface area contributed by atoms with Crippen LogP contribution in [0, 0.1) is 16.7 Å². The third-order valence-corrected chi connectivity index (χ3v) is 6.01. The second kappa shape index (κ2) is 5.75. The summed E-state index contributed by atoms with van der Waals surface area (Å²) >= 11 is 0. The van der Waals surface area contributed by atoms with Gasteiger partial charge in [0.1, 0.15) is 0 Å². The highest BCUT2D eigenvalue weighted by Gasteiger charge is 2.66. The Hall–Kier alpha value is -0.830. The highest BCUT2D eigenvalue weighted by Crippen LogP contribution is 2.69. The molecule has 1 aliphatic carbocycles. The summed E-state index contributed by atoms with van der Waals surface area (Å²) in [6.45, 7) is 18.2. The van der Waals surface area contributed by atoms with Crippen molar-refractivity contribution in [3.05, 3.63) is 17.5 Å². The molecule has 1 unspecified atom stereocenters. The van der Waals surface area contributed by atoms with Gasteiger partial charge in [-0.2, -0.15) is 5.10 Å². The topological polar surface area (TPSA) is 29.9 Å². The van der Waals surface area contributed by atoms with Crippen LogP contribution in [0.2, 0.25) is 0 Å². The lowest BCUT2D eigenvalue weighted by Crippen LogP contribution is -2.36. The van der Waals surface area contributed by atoms with Gasteiger partial charge in [-0.1, -0.05) is 41.5 Å². The van der Waals surface area contributed by atoms with Gasteiger partial charge in [-0.05, 0) is 42.7 Å². The number of rotatable bonds is 7. The summed E-state index contributed by atoms with van der Waals surface area (Å²) in [6, 6.07) is 2.85. The van der Waals surface area contributed by atoms with E-state index in [-0.39, 0.29) is 0 Å². The van der Waals surface area contributed by atoms with E-state index in [0.29, 0.717) is 16.9 Å². The predicted octanol–water partition coefficient (Wildman–Crippen LogP) is 3.67. The number of hydrogen-bond donors (Lipinski definition) is 1. The average molecular weight is 291 g/mol. The van der Waals surface area contributed by atoms with Crippen molar-refractivity contribution >= 4 is 0 Å². The van der Waals surface area contributed by atoms with Gasteiger partial charge < -0.3 is 5.32 Å². The maximum Gasteiger partial charge on any atom is 0.0624 e. The summed E-state index contributed by atoms with van der Waals surface area (Å²) in [4.78, 5) is 0. The Labute approximate surface area is 130 Å². The SMILES string of the molecule is CCNC(Cc1cc(CC)nn1CC)C1C(C)(C)C1(C)C. The number of aromatic nitrogens is 2. The zero-order chi connectivity index (χ0) is 15.8. The normalized spacial score (nSPS) is 21.5. The van der Waals surface area contributed by atoms with Gasteiger partial charge in [0.2, 0.25) is 0 Å². The van der Waals surface area contributed by atoms with Crippen LogP contribution >= 0.6 is 0 Å². The molecule has 0 aliphatic heterocycles. The summed E-state index contributed by atoms with van der Waals surface area (Å²) in [7, 11) is 0. The van der Waals surface area contributed by atoms with Crippen LogP contribution in [0.4, 0.5) is 0 Å². The van der Waals surface area contributed by atoms with Gasteiger partial charge in [0.15, 0.2) is 0 Å². The van der Waals surface area contributed by atoms with Crippen LogP contribution in [0.5, 0.6) is 0 Å². The first-order valence-corrected chi connectivity index (χ1v) is 8.58. The maximum atomic E-state index is 4.70. The molecule has 1 aromatic heterocycles. The fraction of sp³-hybridized carbons (Fsp3) is 0.833. The Morgan fingerprint density at radius 3 is 2.24 bits per heavy atom. The maximum absolute atomic E-state index is 4.70. The third-order valence-electron chi connectivity index (χ3n) is 6.01. The van der Waals surface area contributed by atoms with E-state index in [1.807, 2.05) is 0 Å². The predicted molar refractivity (Wildman–Crippen MR) is 89.5 cm³/mol. The van der Waals surface area contributed by atoms with Crippen molar-refractivity contribution in [2.24, 2.45) is 16.7 Å². The van der Waals surface area contributed by atoms with Crippen molar-refractivity contribution in [2.45, 2.75) is 73.9 Å². The number of nitrogens with zero attached hydrogens (tertiary/aromatic N) is 2. The second-order valence-electron chi connectivity index (χ2n) is 7.59. The smallest absolute Gasteiger partial charge is 0.0624 e. The van der Waals surface area contributed by atoms with Crippen LogP contribution in [0.1, 0.15) is 59.9 Å². The van der Waals surface area contributed by atoms with Crippen molar-refractivity contribution in [1.29, 1.82) is 0 Å². The standard InChI is InChI=1S/C18H33N3/c1-8-13-11-14(21(10-3)20-13)12-15(19-9-2)16-17(4,5)18(16,6)7/h11,15-16,19H,8-10,12H2,1-7H3. The Balaban J connectivity index is 2.20. The van der Waals surface area contributed by atoms with Gasteiger partial charge in [-0.15, -0.1) is 0 Å². The van der Waals surface area contributed by atoms with Gasteiger partial charge in [0, 0.05) is 24.7 Å². The summed E-state index contributed by atoms with van der Waals surface area (Å²) < 4.78 is 2.19. The lowest BCUT2D eigenvalue weighted by Gasteiger charge is -2.20. The first-order valence-electron chi connectivity index (χ1n) is 8.58.